The van der Waals surface area contributed by atoms with Gasteiger partial charge in [-0.05, 0) is 32.0 Å². The average molecular weight is 645 g/mol. The zero-order valence-electron chi connectivity index (χ0n) is 27.7. The summed E-state index contributed by atoms with van der Waals surface area (Å²) < 4.78 is 0. The van der Waals surface area contributed by atoms with Gasteiger partial charge in [0.1, 0.15) is 0 Å². The standard InChI is InChI=1S/C44H32N6/c1-29-26-37(27-30(2)45-29)44-49-42(34-22-13-6-14-23-34)48-43(50-44)36-25-15-24-35(28-36)41-40(33-20-11-5-12-21-33)46-38(31-16-7-3-8-17-31)39(47-41)32-18-9-4-10-19-32/h3-28H,1-2H3. The predicted molar refractivity (Wildman–Crippen MR) is 201 cm³/mol. The molecule has 0 aliphatic rings. The minimum atomic E-state index is 0.571. The van der Waals surface area contributed by atoms with Crippen LogP contribution in [0.25, 0.3) is 79.2 Å². The second-order valence-corrected chi connectivity index (χ2v) is 12.1. The third kappa shape index (κ3) is 6.30. The highest BCUT2D eigenvalue weighted by atomic mass is 15.0. The van der Waals surface area contributed by atoms with Gasteiger partial charge in [0.15, 0.2) is 17.5 Å². The van der Waals surface area contributed by atoms with Gasteiger partial charge < -0.3 is 0 Å². The van der Waals surface area contributed by atoms with E-state index in [0.29, 0.717) is 17.5 Å². The molecule has 8 aromatic rings. The van der Waals surface area contributed by atoms with E-state index in [1.54, 1.807) is 0 Å². The van der Waals surface area contributed by atoms with E-state index >= 15 is 0 Å². The molecule has 6 heteroatoms. The maximum atomic E-state index is 5.43. The number of aromatic nitrogens is 6. The Morgan fingerprint density at radius 3 is 1.06 bits per heavy atom. The molecule has 0 amide bonds. The van der Waals surface area contributed by atoms with Crippen molar-refractivity contribution in [3.63, 3.8) is 0 Å². The Hall–Kier alpha value is -6.66. The topological polar surface area (TPSA) is 77.3 Å². The van der Waals surface area contributed by atoms with E-state index in [4.69, 9.17) is 24.9 Å². The Morgan fingerprint density at radius 1 is 0.260 bits per heavy atom. The molecule has 0 fully saturated rings. The highest BCUT2D eigenvalue weighted by Crippen LogP contribution is 2.38. The van der Waals surface area contributed by atoms with Crippen molar-refractivity contribution in [1.29, 1.82) is 0 Å². The molecule has 0 radical (unpaired) electrons. The van der Waals surface area contributed by atoms with Gasteiger partial charge in [0, 0.05) is 50.3 Å². The number of hydrogen-bond acceptors (Lipinski definition) is 6. The van der Waals surface area contributed by atoms with Gasteiger partial charge in [0.25, 0.3) is 0 Å². The lowest BCUT2D eigenvalue weighted by molar-refractivity contribution is 1.06. The number of nitrogens with zero attached hydrogens (tertiary/aromatic N) is 6. The molecular weight excluding hydrogens is 613 g/mol. The first-order chi connectivity index (χ1) is 24.6. The van der Waals surface area contributed by atoms with E-state index in [1.807, 2.05) is 123 Å². The first-order valence-corrected chi connectivity index (χ1v) is 16.6. The van der Waals surface area contributed by atoms with Crippen LogP contribution in [0.15, 0.2) is 158 Å². The molecule has 5 aromatic carbocycles. The molecule has 0 unspecified atom stereocenters. The highest BCUT2D eigenvalue weighted by molar-refractivity contribution is 5.87. The molecule has 0 aliphatic carbocycles. The molecule has 0 spiro atoms. The summed E-state index contributed by atoms with van der Waals surface area (Å²) in [6.45, 7) is 3.97. The van der Waals surface area contributed by atoms with Crippen molar-refractivity contribution in [2.24, 2.45) is 0 Å². The van der Waals surface area contributed by atoms with Crippen LogP contribution in [0.3, 0.4) is 0 Å². The predicted octanol–water partition coefficient (Wildman–Crippen LogP) is 10.3. The molecule has 50 heavy (non-hydrogen) atoms. The van der Waals surface area contributed by atoms with Gasteiger partial charge >= 0.3 is 0 Å². The Morgan fingerprint density at radius 2 is 0.600 bits per heavy atom. The first kappa shape index (κ1) is 30.7. The van der Waals surface area contributed by atoms with Crippen molar-refractivity contribution in [1.82, 2.24) is 29.9 Å². The molecule has 0 N–H and O–H groups in total. The molecule has 0 saturated carbocycles. The number of benzene rings is 5. The zero-order chi connectivity index (χ0) is 33.9. The van der Waals surface area contributed by atoms with Crippen molar-refractivity contribution in [2.75, 3.05) is 0 Å². The monoisotopic (exact) mass is 644 g/mol. The molecule has 0 bridgehead atoms. The summed E-state index contributed by atoms with van der Waals surface area (Å²) in [4.78, 5) is 30.3. The normalized spacial score (nSPS) is 11.0. The van der Waals surface area contributed by atoms with Crippen LogP contribution in [0.4, 0.5) is 0 Å². The smallest absolute Gasteiger partial charge is 0.164 e. The molecule has 0 saturated heterocycles. The fraction of sp³-hybridized carbons (Fsp3) is 0.0455. The molecular formula is C44H32N6. The van der Waals surface area contributed by atoms with E-state index in [0.717, 1.165) is 73.1 Å². The quantitative estimate of drug-likeness (QED) is 0.172. The van der Waals surface area contributed by atoms with Crippen molar-refractivity contribution in [3.8, 4) is 79.2 Å². The summed E-state index contributed by atoms with van der Waals surface area (Å²) in [5.41, 5.74) is 11.6. The Bertz CT molecular complexity index is 2410. The third-order valence-corrected chi connectivity index (χ3v) is 8.44. The molecule has 238 valence electrons. The summed E-state index contributed by atoms with van der Waals surface area (Å²) in [7, 11) is 0. The number of rotatable bonds is 7. The second-order valence-electron chi connectivity index (χ2n) is 12.1. The average Bonchev–Trinajstić information content (AvgIpc) is 3.18. The summed E-state index contributed by atoms with van der Waals surface area (Å²) in [5.74, 6) is 1.77. The van der Waals surface area contributed by atoms with E-state index in [1.165, 1.54) is 0 Å². The van der Waals surface area contributed by atoms with Crippen LogP contribution < -0.4 is 0 Å². The van der Waals surface area contributed by atoms with Crippen LogP contribution in [0.1, 0.15) is 11.4 Å². The minimum Gasteiger partial charge on any atom is -0.258 e. The van der Waals surface area contributed by atoms with Gasteiger partial charge in [0.05, 0.1) is 22.8 Å². The minimum absolute atomic E-state index is 0.571. The van der Waals surface area contributed by atoms with Crippen LogP contribution >= 0.6 is 0 Å². The maximum absolute atomic E-state index is 5.43. The van der Waals surface area contributed by atoms with Gasteiger partial charge in [0.2, 0.25) is 0 Å². The molecule has 0 aliphatic heterocycles. The largest absolute Gasteiger partial charge is 0.258 e. The molecule has 3 aromatic heterocycles. The molecule has 0 atom stereocenters. The second kappa shape index (κ2) is 13.5. The van der Waals surface area contributed by atoms with Crippen LogP contribution in [-0.2, 0) is 0 Å². The maximum Gasteiger partial charge on any atom is 0.164 e. The summed E-state index contributed by atoms with van der Waals surface area (Å²) in [6, 6.07) is 53.0. The van der Waals surface area contributed by atoms with Gasteiger partial charge in [-0.2, -0.15) is 0 Å². The van der Waals surface area contributed by atoms with Crippen molar-refractivity contribution in [2.45, 2.75) is 13.8 Å². The number of aryl methyl sites for hydroxylation is 2. The Balaban J connectivity index is 1.34. The van der Waals surface area contributed by atoms with Gasteiger partial charge in [-0.15, -0.1) is 0 Å². The lowest BCUT2D eigenvalue weighted by Crippen LogP contribution is -2.02. The van der Waals surface area contributed by atoms with Crippen molar-refractivity contribution < 1.29 is 0 Å². The van der Waals surface area contributed by atoms with E-state index in [-0.39, 0.29) is 0 Å². The highest BCUT2D eigenvalue weighted by Gasteiger charge is 2.20. The van der Waals surface area contributed by atoms with E-state index in [2.05, 4.69) is 53.5 Å². The lowest BCUT2D eigenvalue weighted by Gasteiger charge is -2.16. The van der Waals surface area contributed by atoms with Crippen LogP contribution in [-0.4, -0.2) is 29.9 Å². The Kier molecular flexibility index (Phi) is 8.25. The number of pyridine rings is 1. The third-order valence-electron chi connectivity index (χ3n) is 8.44. The first-order valence-electron chi connectivity index (χ1n) is 16.6. The number of hydrogen-bond donors (Lipinski definition) is 0. The summed E-state index contributed by atoms with van der Waals surface area (Å²) in [6.07, 6.45) is 0. The summed E-state index contributed by atoms with van der Waals surface area (Å²) in [5, 5.41) is 0. The summed E-state index contributed by atoms with van der Waals surface area (Å²) >= 11 is 0. The molecule has 8 rings (SSSR count). The van der Waals surface area contributed by atoms with Crippen molar-refractivity contribution >= 4 is 0 Å². The molecule has 6 nitrogen and oxygen atoms in total. The lowest BCUT2D eigenvalue weighted by atomic mass is 9.98. The van der Waals surface area contributed by atoms with Crippen LogP contribution in [0.5, 0.6) is 0 Å². The van der Waals surface area contributed by atoms with E-state index < -0.39 is 0 Å². The van der Waals surface area contributed by atoms with Crippen LogP contribution in [0, 0.1) is 13.8 Å². The van der Waals surface area contributed by atoms with Gasteiger partial charge in [-0.3, -0.25) is 4.98 Å². The van der Waals surface area contributed by atoms with Crippen LogP contribution in [0.2, 0.25) is 0 Å². The molecule has 3 heterocycles. The van der Waals surface area contributed by atoms with Gasteiger partial charge in [-0.1, -0.05) is 140 Å². The Labute approximate surface area is 291 Å². The fourth-order valence-corrected chi connectivity index (χ4v) is 6.15. The SMILES string of the molecule is Cc1cc(-c2nc(-c3ccccc3)nc(-c3cccc(-c4nc(-c5ccccc5)c(-c5ccccc5)nc4-c4ccccc4)c3)n2)cc(C)n1. The van der Waals surface area contributed by atoms with Gasteiger partial charge in [-0.25, -0.2) is 24.9 Å². The zero-order valence-corrected chi connectivity index (χ0v) is 27.7. The fourth-order valence-electron chi connectivity index (χ4n) is 6.15. The van der Waals surface area contributed by atoms with E-state index in [9.17, 15) is 0 Å². The van der Waals surface area contributed by atoms with Crippen molar-refractivity contribution in [3.05, 3.63) is 169 Å².